The van der Waals surface area contributed by atoms with Gasteiger partial charge < -0.3 is 13.7 Å². The van der Waals surface area contributed by atoms with E-state index in [0.717, 1.165) is 63.2 Å². The molecule has 0 bridgehead atoms. The van der Waals surface area contributed by atoms with Crippen molar-refractivity contribution in [1.29, 1.82) is 0 Å². The van der Waals surface area contributed by atoms with Crippen molar-refractivity contribution < 1.29 is 8.83 Å². The fourth-order valence-electron chi connectivity index (χ4n) is 7.67. The minimum atomic E-state index is 0.875. The van der Waals surface area contributed by atoms with E-state index in [9.17, 15) is 0 Å². The number of hydrogen-bond donors (Lipinski definition) is 0. The zero-order valence-corrected chi connectivity index (χ0v) is 26.8. The summed E-state index contributed by atoms with van der Waals surface area (Å²) in [6.45, 7) is 0. The third-order valence-electron chi connectivity index (χ3n) is 9.96. The third-order valence-corrected chi connectivity index (χ3v) is 9.96. The smallest absolute Gasteiger partial charge is 0.137 e. The average Bonchev–Trinajstić information content (AvgIpc) is 3.74. The van der Waals surface area contributed by atoms with Crippen molar-refractivity contribution in [2.75, 3.05) is 4.90 Å². The van der Waals surface area contributed by atoms with Gasteiger partial charge in [0.1, 0.15) is 22.5 Å². The van der Waals surface area contributed by atoms with Crippen LogP contribution in [-0.2, 0) is 12.8 Å². The first-order chi connectivity index (χ1) is 24.3. The molecule has 2 heterocycles. The first-order valence-electron chi connectivity index (χ1n) is 16.9. The van der Waals surface area contributed by atoms with Gasteiger partial charge in [-0.05, 0) is 94.4 Å². The van der Waals surface area contributed by atoms with Crippen LogP contribution in [0, 0.1) is 0 Å². The molecule has 1 aliphatic rings. The summed E-state index contributed by atoms with van der Waals surface area (Å²) in [5.74, 6) is 1.09. The molecule has 49 heavy (non-hydrogen) atoms. The van der Waals surface area contributed by atoms with E-state index in [2.05, 4.69) is 157 Å². The second kappa shape index (κ2) is 11.1. The van der Waals surface area contributed by atoms with E-state index in [1.807, 2.05) is 12.1 Å². The van der Waals surface area contributed by atoms with Gasteiger partial charge in [0.15, 0.2) is 0 Å². The molecule has 232 valence electrons. The number of aryl methyl sites for hydroxylation is 2. The largest absolute Gasteiger partial charge is 0.460 e. The van der Waals surface area contributed by atoms with Gasteiger partial charge in [-0.2, -0.15) is 0 Å². The van der Waals surface area contributed by atoms with Crippen LogP contribution in [0.25, 0.3) is 66.3 Å². The topological polar surface area (TPSA) is 29.5 Å². The molecule has 10 rings (SSSR count). The van der Waals surface area contributed by atoms with E-state index in [1.165, 1.54) is 44.3 Å². The van der Waals surface area contributed by atoms with E-state index in [1.54, 1.807) is 0 Å². The van der Waals surface area contributed by atoms with Gasteiger partial charge in [0, 0.05) is 51.3 Å². The minimum Gasteiger partial charge on any atom is -0.460 e. The Bertz CT molecular complexity index is 2660. The van der Waals surface area contributed by atoms with Crippen LogP contribution in [0.2, 0.25) is 0 Å². The molecule has 3 heteroatoms. The lowest BCUT2D eigenvalue weighted by Crippen LogP contribution is -2.10. The lowest BCUT2D eigenvalue weighted by molar-refractivity contribution is 0.546. The van der Waals surface area contributed by atoms with Crippen LogP contribution >= 0.6 is 0 Å². The Labute approximate surface area is 284 Å². The van der Waals surface area contributed by atoms with E-state index in [-0.39, 0.29) is 0 Å². The molecule has 0 N–H and O–H groups in total. The van der Waals surface area contributed by atoms with Crippen LogP contribution in [-0.4, -0.2) is 0 Å². The second-order valence-electron chi connectivity index (χ2n) is 12.8. The molecule has 0 radical (unpaired) electrons. The first-order valence-corrected chi connectivity index (χ1v) is 16.9. The maximum absolute atomic E-state index is 6.34. The zero-order chi connectivity index (χ0) is 32.3. The van der Waals surface area contributed by atoms with Crippen molar-refractivity contribution in [3.8, 4) is 33.4 Å². The highest BCUT2D eigenvalue weighted by Gasteiger charge is 2.24. The summed E-state index contributed by atoms with van der Waals surface area (Å²) in [4.78, 5) is 2.32. The molecule has 0 aliphatic heterocycles. The van der Waals surface area contributed by atoms with Crippen molar-refractivity contribution in [1.82, 2.24) is 0 Å². The Morgan fingerprint density at radius 3 is 1.90 bits per heavy atom. The molecular formula is C46H31NO2. The Morgan fingerprint density at radius 1 is 0.388 bits per heavy atom. The fraction of sp³-hybridized carbons (Fsp3) is 0.0435. The number of fused-ring (bicyclic) bond motifs is 8. The van der Waals surface area contributed by atoms with Crippen molar-refractivity contribution in [2.45, 2.75) is 12.8 Å². The number of para-hydroxylation sites is 3. The predicted molar refractivity (Wildman–Crippen MR) is 202 cm³/mol. The van der Waals surface area contributed by atoms with Gasteiger partial charge in [-0.25, -0.2) is 0 Å². The van der Waals surface area contributed by atoms with E-state index < -0.39 is 0 Å². The summed E-state index contributed by atoms with van der Waals surface area (Å²) < 4.78 is 12.7. The number of furan rings is 2. The standard InChI is InChI=1S/C46H31NO2/c1-3-11-30(12-4-1)40-28-34(47(33-13-5-2-6-14-33)35-23-25-38-37-15-7-9-17-42(37)49-45(38)29-35)22-24-36(40)32-20-19-31-21-26-44-46(41(31)27-32)39-16-8-10-18-43(39)48-44/h1-20,22-25,27-29H,21,26H2. The second-order valence-corrected chi connectivity index (χ2v) is 12.8. The quantitative estimate of drug-likeness (QED) is 0.190. The van der Waals surface area contributed by atoms with Gasteiger partial charge in [0.25, 0.3) is 0 Å². The molecule has 0 amide bonds. The minimum absolute atomic E-state index is 0.875. The van der Waals surface area contributed by atoms with Gasteiger partial charge in [-0.1, -0.05) is 103 Å². The molecule has 1 aliphatic carbocycles. The molecule has 0 atom stereocenters. The molecule has 0 spiro atoms. The maximum atomic E-state index is 6.34. The molecule has 0 saturated heterocycles. The van der Waals surface area contributed by atoms with Gasteiger partial charge in [-0.3, -0.25) is 0 Å². The summed E-state index contributed by atoms with van der Waals surface area (Å²) in [5.41, 5.74) is 14.6. The average molecular weight is 630 g/mol. The molecule has 2 aromatic heterocycles. The summed E-state index contributed by atoms with van der Waals surface area (Å²) in [5, 5.41) is 3.44. The Morgan fingerprint density at radius 2 is 1.06 bits per heavy atom. The SMILES string of the molecule is c1ccc(-c2cc(N(c3ccccc3)c3ccc4c(c3)oc3ccccc34)ccc2-c2ccc3c(c2)-c2c(oc4ccccc24)CC3)cc1. The summed E-state index contributed by atoms with van der Waals surface area (Å²) in [7, 11) is 0. The van der Waals surface area contributed by atoms with Crippen LogP contribution in [0.5, 0.6) is 0 Å². The molecule has 3 nitrogen and oxygen atoms in total. The highest BCUT2D eigenvalue weighted by atomic mass is 16.3. The highest BCUT2D eigenvalue weighted by Crippen LogP contribution is 2.45. The van der Waals surface area contributed by atoms with E-state index in [0.29, 0.717) is 0 Å². The van der Waals surface area contributed by atoms with Gasteiger partial charge in [0.05, 0.1) is 0 Å². The number of nitrogens with zero attached hydrogens (tertiary/aromatic N) is 1. The molecule has 0 saturated carbocycles. The molecular weight excluding hydrogens is 599 g/mol. The lowest BCUT2D eigenvalue weighted by atomic mass is 9.85. The van der Waals surface area contributed by atoms with Crippen molar-refractivity contribution in [2.24, 2.45) is 0 Å². The monoisotopic (exact) mass is 629 g/mol. The van der Waals surface area contributed by atoms with Gasteiger partial charge >= 0.3 is 0 Å². The predicted octanol–water partition coefficient (Wildman–Crippen LogP) is 12.9. The fourth-order valence-corrected chi connectivity index (χ4v) is 7.67. The van der Waals surface area contributed by atoms with Crippen LogP contribution in [0.4, 0.5) is 17.1 Å². The normalized spacial score (nSPS) is 12.3. The van der Waals surface area contributed by atoms with Crippen LogP contribution < -0.4 is 4.90 Å². The van der Waals surface area contributed by atoms with E-state index >= 15 is 0 Å². The first kappa shape index (κ1) is 27.8. The Kier molecular flexibility index (Phi) is 6.31. The molecule has 9 aromatic rings. The number of anilines is 3. The van der Waals surface area contributed by atoms with Crippen LogP contribution in [0.1, 0.15) is 11.3 Å². The highest BCUT2D eigenvalue weighted by molar-refractivity contribution is 6.06. The number of rotatable bonds is 5. The summed E-state index contributed by atoms with van der Waals surface area (Å²) in [6.07, 6.45) is 1.91. The molecule has 7 aromatic carbocycles. The van der Waals surface area contributed by atoms with E-state index in [4.69, 9.17) is 8.83 Å². The number of hydrogen-bond acceptors (Lipinski definition) is 3. The maximum Gasteiger partial charge on any atom is 0.137 e. The van der Waals surface area contributed by atoms with Crippen LogP contribution in [0.3, 0.4) is 0 Å². The lowest BCUT2D eigenvalue weighted by Gasteiger charge is -2.27. The number of benzene rings is 7. The summed E-state index contributed by atoms with van der Waals surface area (Å²) in [6, 6.07) is 58.3. The Hall–Kier alpha value is -6.32. The van der Waals surface area contributed by atoms with Crippen molar-refractivity contribution in [3.63, 3.8) is 0 Å². The van der Waals surface area contributed by atoms with Crippen LogP contribution in [0.15, 0.2) is 173 Å². The van der Waals surface area contributed by atoms with Crippen molar-refractivity contribution in [3.05, 3.63) is 175 Å². The molecule has 0 fully saturated rings. The van der Waals surface area contributed by atoms with Crippen molar-refractivity contribution >= 4 is 50.0 Å². The molecule has 0 unspecified atom stereocenters. The third kappa shape index (κ3) is 4.58. The van der Waals surface area contributed by atoms with Gasteiger partial charge in [0.2, 0.25) is 0 Å². The Balaban J connectivity index is 1.15. The van der Waals surface area contributed by atoms with Gasteiger partial charge in [-0.15, -0.1) is 0 Å². The zero-order valence-electron chi connectivity index (χ0n) is 26.8. The summed E-state index contributed by atoms with van der Waals surface area (Å²) >= 11 is 0.